The minimum Gasteiger partial charge on any atom is -0.382 e. The monoisotopic (exact) mass is 191 g/mol. The molecule has 2 fully saturated rings. The van der Waals surface area contributed by atoms with Crippen molar-refractivity contribution in [1.29, 1.82) is 0 Å². The average Bonchev–Trinajstić information content (AvgIpc) is 3.00. The molecule has 3 N–H and O–H groups in total. The number of nitrogens with one attached hydrogen (secondary N) is 1. The highest BCUT2D eigenvalue weighted by molar-refractivity contribution is 5.40. The second kappa shape index (κ2) is 2.75. The van der Waals surface area contributed by atoms with Crippen molar-refractivity contribution in [2.24, 2.45) is 17.8 Å². The van der Waals surface area contributed by atoms with Crippen molar-refractivity contribution in [3.8, 4) is 0 Å². The third-order valence-electron chi connectivity index (χ3n) is 3.82. The van der Waals surface area contributed by atoms with E-state index in [2.05, 4.69) is 17.1 Å². The Balaban J connectivity index is 1.65. The van der Waals surface area contributed by atoms with Gasteiger partial charge in [-0.1, -0.05) is 0 Å². The van der Waals surface area contributed by atoms with Crippen molar-refractivity contribution in [2.45, 2.75) is 32.6 Å². The van der Waals surface area contributed by atoms with Gasteiger partial charge in [0.25, 0.3) is 0 Å². The molecule has 76 valence electrons. The molecule has 0 bridgehead atoms. The Hall–Kier alpha value is -0.990. The molecule has 1 aromatic heterocycles. The molecular formula is C11H17N3. The summed E-state index contributed by atoms with van der Waals surface area (Å²) in [4.78, 5) is 0. The van der Waals surface area contributed by atoms with E-state index < -0.39 is 0 Å². The quantitative estimate of drug-likeness (QED) is 0.766. The van der Waals surface area contributed by atoms with Crippen molar-refractivity contribution in [3.63, 3.8) is 0 Å². The van der Waals surface area contributed by atoms with Crippen LogP contribution in [0.25, 0.3) is 0 Å². The molecule has 2 saturated carbocycles. The van der Waals surface area contributed by atoms with E-state index in [1.54, 1.807) is 0 Å². The van der Waals surface area contributed by atoms with Gasteiger partial charge in [-0.2, -0.15) is 5.10 Å². The first kappa shape index (κ1) is 8.33. The van der Waals surface area contributed by atoms with Crippen LogP contribution in [0.2, 0.25) is 0 Å². The molecule has 2 atom stereocenters. The van der Waals surface area contributed by atoms with E-state index in [9.17, 15) is 0 Å². The van der Waals surface area contributed by atoms with Crippen LogP contribution < -0.4 is 5.73 Å². The van der Waals surface area contributed by atoms with Crippen LogP contribution in [0.3, 0.4) is 0 Å². The molecule has 1 aromatic rings. The van der Waals surface area contributed by atoms with Gasteiger partial charge in [-0.15, -0.1) is 0 Å². The fourth-order valence-corrected chi connectivity index (χ4v) is 2.52. The summed E-state index contributed by atoms with van der Waals surface area (Å²) in [5.41, 5.74) is 8.12. The van der Waals surface area contributed by atoms with Gasteiger partial charge in [0.15, 0.2) is 0 Å². The Morgan fingerprint density at radius 1 is 1.50 bits per heavy atom. The van der Waals surface area contributed by atoms with E-state index in [1.165, 1.54) is 25.0 Å². The molecule has 0 radical (unpaired) electrons. The van der Waals surface area contributed by atoms with Gasteiger partial charge >= 0.3 is 0 Å². The predicted molar refractivity (Wildman–Crippen MR) is 55.8 cm³/mol. The molecule has 2 aliphatic carbocycles. The van der Waals surface area contributed by atoms with E-state index in [-0.39, 0.29) is 0 Å². The summed E-state index contributed by atoms with van der Waals surface area (Å²) in [6, 6.07) is 0. The van der Waals surface area contributed by atoms with Gasteiger partial charge in [-0.05, 0) is 50.4 Å². The van der Waals surface area contributed by atoms with Gasteiger partial charge < -0.3 is 5.73 Å². The van der Waals surface area contributed by atoms with Crippen LogP contribution in [-0.4, -0.2) is 10.2 Å². The number of aromatic amines is 1. The second-order valence-electron chi connectivity index (χ2n) is 4.91. The van der Waals surface area contributed by atoms with Gasteiger partial charge in [-0.25, -0.2) is 0 Å². The number of hydrogen-bond acceptors (Lipinski definition) is 2. The number of aromatic nitrogens is 2. The van der Waals surface area contributed by atoms with E-state index in [1.807, 2.05) is 0 Å². The molecule has 0 aromatic carbocycles. The molecule has 14 heavy (non-hydrogen) atoms. The lowest BCUT2D eigenvalue weighted by Crippen LogP contribution is -1.94. The third kappa shape index (κ3) is 1.31. The molecule has 0 amide bonds. The van der Waals surface area contributed by atoms with Crippen LogP contribution in [0.5, 0.6) is 0 Å². The first-order valence-electron chi connectivity index (χ1n) is 5.55. The first-order chi connectivity index (χ1) is 6.75. The highest BCUT2D eigenvalue weighted by Crippen LogP contribution is 2.55. The Morgan fingerprint density at radius 2 is 2.29 bits per heavy atom. The molecule has 3 nitrogen and oxygen atoms in total. The Labute approximate surface area is 84.1 Å². The summed E-state index contributed by atoms with van der Waals surface area (Å²) in [5, 5.41) is 7.09. The zero-order valence-corrected chi connectivity index (χ0v) is 8.59. The standard InChI is InChI=1S/C11H17N3/c1-6-10(13-14-11(6)12)5-8-4-9(8)7-2-3-7/h7-9H,2-5H2,1H3,(H3,12,13,14). The summed E-state index contributed by atoms with van der Waals surface area (Å²) >= 11 is 0. The van der Waals surface area contributed by atoms with E-state index in [0.29, 0.717) is 5.82 Å². The van der Waals surface area contributed by atoms with E-state index in [0.717, 1.165) is 29.7 Å². The maximum absolute atomic E-state index is 5.70. The molecule has 0 saturated heterocycles. The molecular weight excluding hydrogens is 174 g/mol. The molecule has 3 rings (SSSR count). The molecule has 1 heterocycles. The van der Waals surface area contributed by atoms with Gasteiger partial charge in [0, 0.05) is 11.3 Å². The SMILES string of the molecule is Cc1c(N)n[nH]c1CC1CC1C1CC1. The predicted octanol–water partition coefficient (Wildman–Crippen LogP) is 1.89. The van der Waals surface area contributed by atoms with Crippen molar-refractivity contribution in [3.05, 3.63) is 11.3 Å². The van der Waals surface area contributed by atoms with Crippen LogP contribution in [0.4, 0.5) is 5.82 Å². The van der Waals surface area contributed by atoms with Crippen molar-refractivity contribution >= 4 is 5.82 Å². The Kier molecular flexibility index (Phi) is 1.64. The molecule has 0 aliphatic heterocycles. The average molecular weight is 191 g/mol. The Morgan fingerprint density at radius 3 is 2.86 bits per heavy atom. The van der Waals surface area contributed by atoms with Crippen molar-refractivity contribution < 1.29 is 0 Å². The maximum atomic E-state index is 5.70. The van der Waals surface area contributed by atoms with Crippen LogP contribution >= 0.6 is 0 Å². The second-order valence-corrected chi connectivity index (χ2v) is 4.91. The van der Waals surface area contributed by atoms with Gasteiger partial charge in [0.1, 0.15) is 5.82 Å². The van der Waals surface area contributed by atoms with Crippen molar-refractivity contribution in [1.82, 2.24) is 10.2 Å². The summed E-state index contributed by atoms with van der Waals surface area (Å²) in [7, 11) is 0. The summed E-state index contributed by atoms with van der Waals surface area (Å²) < 4.78 is 0. The number of anilines is 1. The fourth-order valence-electron chi connectivity index (χ4n) is 2.52. The lowest BCUT2D eigenvalue weighted by atomic mass is 10.1. The number of H-pyrrole nitrogens is 1. The van der Waals surface area contributed by atoms with Crippen LogP contribution in [-0.2, 0) is 6.42 Å². The van der Waals surface area contributed by atoms with Crippen LogP contribution in [0.1, 0.15) is 30.5 Å². The minimum atomic E-state index is 0.670. The van der Waals surface area contributed by atoms with Crippen LogP contribution in [0.15, 0.2) is 0 Å². The van der Waals surface area contributed by atoms with Gasteiger partial charge in [-0.3, -0.25) is 5.10 Å². The van der Waals surface area contributed by atoms with Gasteiger partial charge in [0.05, 0.1) is 0 Å². The smallest absolute Gasteiger partial charge is 0.148 e. The highest BCUT2D eigenvalue weighted by atomic mass is 15.2. The zero-order chi connectivity index (χ0) is 9.71. The minimum absolute atomic E-state index is 0.670. The Bertz CT molecular complexity index is 351. The normalized spacial score (nSPS) is 30.6. The largest absolute Gasteiger partial charge is 0.382 e. The summed E-state index contributed by atoms with van der Waals surface area (Å²) in [5.74, 6) is 3.68. The first-order valence-corrected chi connectivity index (χ1v) is 5.55. The number of nitrogen functional groups attached to an aromatic ring is 1. The molecule has 2 unspecified atom stereocenters. The van der Waals surface area contributed by atoms with E-state index >= 15 is 0 Å². The number of hydrogen-bond donors (Lipinski definition) is 2. The zero-order valence-electron chi connectivity index (χ0n) is 8.59. The van der Waals surface area contributed by atoms with Crippen molar-refractivity contribution in [2.75, 3.05) is 5.73 Å². The fraction of sp³-hybridized carbons (Fsp3) is 0.727. The topological polar surface area (TPSA) is 54.7 Å². The lowest BCUT2D eigenvalue weighted by Gasteiger charge is -1.98. The maximum Gasteiger partial charge on any atom is 0.148 e. The highest BCUT2D eigenvalue weighted by Gasteiger charge is 2.47. The van der Waals surface area contributed by atoms with E-state index in [4.69, 9.17) is 5.73 Å². The molecule has 0 spiro atoms. The van der Waals surface area contributed by atoms with Gasteiger partial charge in [0.2, 0.25) is 0 Å². The third-order valence-corrected chi connectivity index (χ3v) is 3.82. The molecule has 3 heteroatoms. The number of nitrogens with two attached hydrogens (primary N) is 1. The summed E-state index contributed by atoms with van der Waals surface area (Å²) in [6.45, 7) is 2.06. The lowest BCUT2D eigenvalue weighted by molar-refractivity contribution is 0.618. The molecule has 2 aliphatic rings. The van der Waals surface area contributed by atoms with Crippen LogP contribution in [0, 0.1) is 24.7 Å². The summed E-state index contributed by atoms with van der Waals surface area (Å²) in [6.07, 6.45) is 5.55. The number of nitrogens with zero attached hydrogens (tertiary/aromatic N) is 1. The number of rotatable bonds is 3.